The molecule has 2 aromatic rings. The van der Waals surface area contributed by atoms with Crippen LogP contribution in [0.3, 0.4) is 0 Å². The van der Waals surface area contributed by atoms with E-state index < -0.39 is 11.4 Å². The minimum absolute atomic E-state index is 0. The van der Waals surface area contributed by atoms with Crippen molar-refractivity contribution in [2.45, 2.75) is 6.92 Å². The zero-order chi connectivity index (χ0) is 14.2. The molecule has 100 valence electrons. The van der Waals surface area contributed by atoms with Crippen LogP contribution in [0.25, 0.3) is 11.3 Å². The topological polar surface area (TPSA) is 59.3 Å². The van der Waals surface area contributed by atoms with E-state index in [1.165, 1.54) is 6.07 Å². The van der Waals surface area contributed by atoms with Gasteiger partial charge in [-0.3, -0.25) is 4.79 Å². The molecule has 1 aromatic carbocycles. The van der Waals surface area contributed by atoms with Gasteiger partial charge in [-0.25, -0.2) is 4.79 Å². The molecular formula is C14H13BrNNaO3. The van der Waals surface area contributed by atoms with Gasteiger partial charge in [0, 0.05) is 23.3 Å². The Morgan fingerprint density at radius 2 is 1.80 bits per heavy atom. The van der Waals surface area contributed by atoms with Crippen LogP contribution < -0.4 is 5.43 Å². The molecule has 0 amide bonds. The second kappa shape index (κ2) is 6.72. The second-order valence-electron chi connectivity index (χ2n) is 4.23. The molecule has 0 aliphatic rings. The molecule has 6 heteroatoms. The van der Waals surface area contributed by atoms with Gasteiger partial charge in [0.15, 0.2) is 5.43 Å². The summed E-state index contributed by atoms with van der Waals surface area (Å²) in [5.74, 6) is -1.19. The number of aromatic nitrogens is 1. The predicted octanol–water partition coefficient (Wildman–Crippen LogP) is 2.17. The number of nitrogens with zero attached hydrogens (tertiary/aromatic N) is 1. The molecule has 20 heavy (non-hydrogen) atoms. The third kappa shape index (κ3) is 3.23. The van der Waals surface area contributed by atoms with E-state index in [-0.39, 0.29) is 35.1 Å². The van der Waals surface area contributed by atoms with Crippen LogP contribution in [-0.4, -0.2) is 45.2 Å². The summed E-state index contributed by atoms with van der Waals surface area (Å²) in [5.41, 5.74) is 1.35. The molecule has 0 bridgehead atoms. The summed E-state index contributed by atoms with van der Waals surface area (Å²) in [4.78, 5) is 23.0. The van der Waals surface area contributed by atoms with Crippen molar-refractivity contribution in [3.8, 4) is 11.3 Å². The van der Waals surface area contributed by atoms with Crippen LogP contribution in [0, 0.1) is 6.92 Å². The van der Waals surface area contributed by atoms with Crippen molar-refractivity contribution >= 4 is 51.5 Å². The van der Waals surface area contributed by atoms with Gasteiger partial charge in [-0.2, -0.15) is 0 Å². The van der Waals surface area contributed by atoms with Crippen molar-refractivity contribution < 1.29 is 9.90 Å². The van der Waals surface area contributed by atoms with Crippen molar-refractivity contribution in [1.82, 2.24) is 4.57 Å². The average molecular weight is 346 g/mol. The summed E-state index contributed by atoms with van der Waals surface area (Å²) >= 11 is 3.35. The number of aromatic carboxylic acids is 1. The fourth-order valence-corrected chi connectivity index (χ4v) is 2.24. The van der Waals surface area contributed by atoms with Crippen molar-refractivity contribution in [1.29, 1.82) is 0 Å². The molecule has 0 atom stereocenters. The van der Waals surface area contributed by atoms with Gasteiger partial charge in [-0.15, -0.1) is 0 Å². The first-order chi connectivity index (χ1) is 8.91. The fourth-order valence-electron chi connectivity index (χ4n) is 1.98. The van der Waals surface area contributed by atoms with Crippen LogP contribution in [0.15, 0.2) is 39.6 Å². The number of benzene rings is 1. The van der Waals surface area contributed by atoms with Crippen LogP contribution in [-0.2, 0) is 7.05 Å². The van der Waals surface area contributed by atoms with Crippen LogP contribution >= 0.6 is 15.9 Å². The Hall–Kier alpha value is -0.880. The van der Waals surface area contributed by atoms with E-state index in [1.807, 2.05) is 24.3 Å². The van der Waals surface area contributed by atoms with E-state index in [0.717, 1.165) is 10.0 Å². The first-order valence-corrected chi connectivity index (χ1v) is 6.41. The monoisotopic (exact) mass is 345 g/mol. The SMILES string of the molecule is Cc1c(C(=O)O)c(=O)cc(-c2ccc(Br)cc2)n1C.[NaH]. The zero-order valence-corrected chi connectivity index (χ0v) is 12.1. The van der Waals surface area contributed by atoms with Crippen molar-refractivity contribution in [2.24, 2.45) is 7.05 Å². The Balaban J connectivity index is 0.00000200. The number of halogens is 1. The van der Waals surface area contributed by atoms with E-state index in [0.29, 0.717) is 11.4 Å². The summed E-state index contributed by atoms with van der Waals surface area (Å²) in [6, 6.07) is 8.86. The van der Waals surface area contributed by atoms with Gasteiger partial charge in [-0.05, 0) is 24.6 Å². The molecule has 0 radical (unpaired) electrons. The number of carboxylic acid groups (broad SMARTS) is 1. The molecule has 0 fully saturated rings. The first kappa shape index (κ1) is 17.2. The van der Waals surface area contributed by atoms with E-state index in [1.54, 1.807) is 18.5 Å². The van der Waals surface area contributed by atoms with Gasteiger partial charge in [-0.1, -0.05) is 28.1 Å². The normalized spacial score (nSPS) is 9.95. The summed E-state index contributed by atoms with van der Waals surface area (Å²) in [7, 11) is 1.75. The maximum absolute atomic E-state index is 11.9. The van der Waals surface area contributed by atoms with Gasteiger partial charge >= 0.3 is 35.5 Å². The molecule has 0 saturated carbocycles. The standard InChI is InChI=1S/C14H12BrNO3.Na.H/c1-8-13(14(18)19)12(17)7-11(16(8)2)9-3-5-10(15)6-4-9;;/h3-7H,1-2H3,(H,18,19);;. The number of carboxylic acids is 1. The maximum atomic E-state index is 11.9. The van der Waals surface area contributed by atoms with E-state index >= 15 is 0 Å². The average Bonchev–Trinajstić information content (AvgIpc) is 2.34. The first-order valence-electron chi connectivity index (χ1n) is 5.61. The summed E-state index contributed by atoms with van der Waals surface area (Å²) in [6.45, 7) is 1.63. The van der Waals surface area contributed by atoms with Crippen LogP contribution in [0.1, 0.15) is 16.1 Å². The molecule has 2 rings (SSSR count). The molecule has 0 aliphatic carbocycles. The van der Waals surface area contributed by atoms with Gasteiger partial charge in [0.2, 0.25) is 0 Å². The summed E-state index contributed by atoms with van der Waals surface area (Å²) in [6.07, 6.45) is 0. The third-order valence-corrected chi connectivity index (χ3v) is 3.62. The van der Waals surface area contributed by atoms with Gasteiger partial charge in [0.05, 0.1) is 5.69 Å². The Morgan fingerprint density at radius 3 is 2.30 bits per heavy atom. The summed E-state index contributed by atoms with van der Waals surface area (Å²) in [5, 5.41) is 9.05. The molecular weight excluding hydrogens is 333 g/mol. The molecule has 0 saturated heterocycles. The van der Waals surface area contributed by atoms with Crippen molar-refractivity contribution in [3.05, 3.63) is 56.3 Å². The second-order valence-corrected chi connectivity index (χ2v) is 5.14. The van der Waals surface area contributed by atoms with Crippen LogP contribution in [0.2, 0.25) is 0 Å². The fraction of sp³-hybridized carbons (Fsp3) is 0.143. The van der Waals surface area contributed by atoms with Crippen LogP contribution in [0.5, 0.6) is 0 Å². The molecule has 1 aromatic heterocycles. The Morgan fingerprint density at radius 1 is 1.25 bits per heavy atom. The molecule has 1 N–H and O–H groups in total. The predicted molar refractivity (Wildman–Crippen MR) is 83.7 cm³/mol. The van der Waals surface area contributed by atoms with Gasteiger partial charge < -0.3 is 9.67 Å². The zero-order valence-electron chi connectivity index (χ0n) is 10.5. The van der Waals surface area contributed by atoms with Crippen molar-refractivity contribution in [2.75, 3.05) is 0 Å². The summed E-state index contributed by atoms with van der Waals surface area (Å²) < 4.78 is 2.66. The van der Waals surface area contributed by atoms with Crippen molar-refractivity contribution in [3.63, 3.8) is 0 Å². The minimum atomic E-state index is -1.19. The molecule has 4 nitrogen and oxygen atoms in total. The number of carbonyl (C=O) groups is 1. The Labute approximate surface area is 146 Å². The van der Waals surface area contributed by atoms with E-state index in [2.05, 4.69) is 15.9 Å². The molecule has 0 spiro atoms. The van der Waals surface area contributed by atoms with Crippen LogP contribution in [0.4, 0.5) is 0 Å². The quantitative estimate of drug-likeness (QED) is 0.848. The molecule has 0 aliphatic heterocycles. The van der Waals surface area contributed by atoms with E-state index in [4.69, 9.17) is 5.11 Å². The van der Waals surface area contributed by atoms with Gasteiger partial charge in [0.25, 0.3) is 0 Å². The number of rotatable bonds is 2. The number of pyridine rings is 1. The molecule has 1 heterocycles. The van der Waals surface area contributed by atoms with E-state index in [9.17, 15) is 9.59 Å². The Bertz CT molecular complexity index is 708. The number of hydrogen-bond acceptors (Lipinski definition) is 2. The third-order valence-electron chi connectivity index (χ3n) is 3.09. The number of hydrogen-bond donors (Lipinski definition) is 1. The molecule has 0 unspecified atom stereocenters. The van der Waals surface area contributed by atoms with Gasteiger partial charge in [0.1, 0.15) is 5.56 Å². The Kier molecular flexibility index (Phi) is 5.77.